The van der Waals surface area contributed by atoms with Crippen LogP contribution in [-0.4, -0.2) is 11.6 Å². The summed E-state index contributed by atoms with van der Waals surface area (Å²) in [5.41, 5.74) is 3.50. The molecule has 0 aromatic heterocycles. The number of carbonyl (C=O) groups is 2. The molecule has 2 aromatic rings. The normalized spacial score (nSPS) is 10.7. The van der Waals surface area contributed by atoms with Gasteiger partial charge in [-0.25, -0.2) is 0 Å². The minimum Gasteiger partial charge on any atom is -0.295 e. The zero-order chi connectivity index (χ0) is 14.5. The van der Waals surface area contributed by atoms with E-state index in [1.54, 1.807) is 13.8 Å². The third kappa shape index (κ3) is 3.51. The SMILES string of the molecule is CC(=O)c1ccc(/C=C/c2ccc(C(C)=O)cc2)cc1. The van der Waals surface area contributed by atoms with E-state index in [2.05, 4.69) is 0 Å². The van der Waals surface area contributed by atoms with Gasteiger partial charge in [-0.2, -0.15) is 0 Å². The maximum atomic E-state index is 11.2. The summed E-state index contributed by atoms with van der Waals surface area (Å²) in [4.78, 5) is 22.4. The number of ketones is 2. The van der Waals surface area contributed by atoms with Crippen LogP contribution in [0.3, 0.4) is 0 Å². The Balaban J connectivity index is 2.12. The Hall–Kier alpha value is -2.48. The molecule has 0 fully saturated rings. The highest BCUT2D eigenvalue weighted by molar-refractivity contribution is 5.95. The first-order chi connectivity index (χ1) is 9.56. The van der Waals surface area contributed by atoms with Crippen LogP contribution < -0.4 is 0 Å². The molecule has 0 N–H and O–H groups in total. The van der Waals surface area contributed by atoms with Crippen LogP contribution in [0.5, 0.6) is 0 Å². The van der Waals surface area contributed by atoms with E-state index >= 15 is 0 Å². The van der Waals surface area contributed by atoms with Gasteiger partial charge in [0.2, 0.25) is 0 Å². The molecule has 0 aliphatic heterocycles. The van der Waals surface area contributed by atoms with E-state index < -0.39 is 0 Å². The van der Waals surface area contributed by atoms with Crippen molar-refractivity contribution in [3.63, 3.8) is 0 Å². The lowest BCUT2D eigenvalue weighted by atomic mass is 10.1. The quantitative estimate of drug-likeness (QED) is 0.610. The Kier molecular flexibility index (Phi) is 4.26. The number of benzene rings is 2. The summed E-state index contributed by atoms with van der Waals surface area (Å²) in [5.74, 6) is 0.140. The average Bonchev–Trinajstić information content (AvgIpc) is 2.46. The summed E-state index contributed by atoms with van der Waals surface area (Å²) in [5, 5.41) is 0. The second-order valence-electron chi connectivity index (χ2n) is 4.69. The molecule has 100 valence electrons. The van der Waals surface area contributed by atoms with Crippen molar-refractivity contribution in [2.75, 3.05) is 0 Å². The van der Waals surface area contributed by atoms with E-state index in [0.717, 1.165) is 11.1 Å². The molecule has 2 heteroatoms. The summed E-state index contributed by atoms with van der Waals surface area (Å²) in [7, 11) is 0. The predicted molar refractivity (Wildman–Crippen MR) is 81.8 cm³/mol. The molecule has 0 aliphatic rings. The second kappa shape index (κ2) is 6.11. The Morgan fingerprint density at radius 3 is 1.20 bits per heavy atom. The van der Waals surface area contributed by atoms with Crippen molar-refractivity contribution in [1.82, 2.24) is 0 Å². The molecule has 0 spiro atoms. The molecule has 20 heavy (non-hydrogen) atoms. The number of hydrogen-bond donors (Lipinski definition) is 0. The molecule has 0 bridgehead atoms. The van der Waals surface area contributed by atoms with Crippen LogP contribution in [0.25, 0.3) is 12.2 Å². The number of rotatable bonds is 4. The molecule has 0 saturated carbocycles. The van der Waals surface area contributed by atoms with Crippen molar-refractivity contribution in [1.29, 1.82) is 0 Å². The van der Waals surface area contributed by atoms with Gasteiger partial charge in [0.15, 0.2) is 11.6 Å². The van der Waals surface area contributed by atoms with E-state index in [4.69, 9.17) is 0 Å². The van der Waals surface area contributed by atoms with Gasteiger partial charge in [0.1, 0.15) is 0 Å². The standard InChI is InChI=1S/C18H16O2/c1-13(19)17-9-5-15(6-10-17)3-4-16-7-11-18(12-8-16)14(2)20/h3-12H,1-2H3/b4-3+. The Labute approximate surface area is 118 Å². The van der Waals surface area contributed by atoms with Crippen LogP contribution in [0.2, 0.25) is 0 Å². The zero-order valence-corrected chi connectivity index (χ0v) is 11.6. The predicted octanol–water partition coefficient (Wildman–Crippen LogP) is 4.26. The van der Waals surface area contributed by atoms with E-state index in [-0.39, 0.29) is 11.6 Å². The minimum absolute atomic E-state index is 0.0698. The number of Topliss-reactive ketones (excluding diaryl/α,β-unsaturated/α-hetero) is 2. The summed E-state index contributed by atoms with van der Waals surface area (Å²) in [6.07, 6.45) is 3.96. The molecule has 2 nitrogen and oxygen atoms in total. The van der Waals surface area contributed by atoms with Crippen LogP contribution in [0, 0.1) is 0 Å². The highest BCUT2D eigenvalue weighted by Crippen LogP contribution is 2.11. The van der Waals surface area contributed by atoms with E-state index in [0.29, 0.717) is 11.1 Å². The van der Waals surface area contributed by atoms with Gasteiger partial charge in [-0.1, -0.05) is 60.7 Å². The highest BCUT2D eigenvalue weighted by atomic mass is 16.1. The van der Waals surface area contributed by atoms with Gasteiger partial charge in [0.25, 0.3) is 0 Å². The third-order valence-electron chi connectivity index (χ3n) is 3.10. The van der Waals surface area contributed by atoms with Gasteiger partial charge in [-0.05, 0) is 25.0 Å². The minimum atomic E-state index is 0.0698. The molecule has 0 radical (unpaired) electrons. The number of hydrogen-bond acceptors (Lipinski definition) is 2. The van der Waals surface area contributed by atoms with Gasteiger partial charge < -0.3 is 0 Å². The topological polar surface area (TPSA) is 34.1 Å². The van der Waals surface area contributed by atoms with Crippen molar-refractivity contribution < 1.29 is 9.59 Å². The smallest absolute Gasteiger partial charge is 0.159 e. The third-order valence-corrected chi connectivity index (χ3v) is 3.10. The lowest BCUT2D eigenvalue weighted by Gasteiger charge is -1.98. The van der Waals surface area contributed by atoms with E-state index in [1.165, 1.54) is 0 Å². The maximum Gasteiger partial charge on any atom is 0.159 e. The molecule has 0 aliphatic carbocycles. The lowest BCUT2D eigenvalue weighted by molar-refractivity contribution is 0.100. The van der Waals surface area contributed by atoms with Gasteiger partial charge in [0.05, 0.1) is 0 Å². The highest BCUT2D eigenvalue weighted by Gasteiger charge is 1.98. The number of carbonyl (C=O) groups excluding carboxylic acids is 2. The summed E-state index contributed by atoms with van der Waals surface area (Å²) < 4.78 is 0. The first kappa shape index (κ1) is 13.9. The van der Waals surface area contributed by atoms with Crippen molar-refractivity contribution in [3.05, 3.63) is 70.8 Å². The molecule has 0 saturated heterocycles. The van der Waals surface area contributed by atoms with Gasteiger partial charge in [-0.15, -0.1) is 0 Å². The Morgan fingerprint density at radius 1 is 0.650 bits per heavy atom. The fourth-order valence-electron chi connectivity index (χ4n) is 1.85. The molecule has 2 rings (SSSR count). The van der Waals surface area contributed by atoms with Crippen molar-refractivity contribution >= 4 is 23.7 Å². The summed E-state index contributed by atoms with van der Waals surface area (Å²) in [6.45, 7) is 3.11. The molecule has 0 unspecified atom stereocenters. The van der Waals surface area contributed by atoms with Crippen molar-refractivity contribution in [2.45, 2.75) is 13.8 Å². The summed E-state index contributed by atoms with van der Waals surface area (Å²) in [6, 6.07) is 14.9. The maximum absolute atomic E-state index is 11.2. The van der Waals surface area contributed by atoms with Crippen LogP contribution in [0.4, 0.5) is 0 Å². The zero-order valence-electron chi connectivity index (χ0n) is 11.6. The lowest BCUT2D eigenvalue weighted by Crippen LogP contribution is -1.90. The Morgan fingerprint density at radius 2 is 0.950 bits per heavy atom. The Bertz CT molecular complexity index is 587. The largest absolute Gasteiger partial charge is 0.295 e. The molecule has 2 aromatic carbocycles. The molecular formula is C18H16O2. The van der Waals surface area contributed by atoms with Crippen LogP contribution in [0.1, 0.15) is 45.7 Å². The fourth-order valence-corrected chi connectivity index (χ4v) is 1.85. The molecule has 0 atom stereocenters. The van der Waals surface area contributed by atoms with Gasteiger partial charge in [-0.3, -0.25) is 9.59 Å². The first-order valence-electron chi connectivity index (χ1n) is 6.46. The van der Waals surface area contributed by atoms with Crippen LogP contribution >= 0.6 is 0 Å². The molecule has 0 heterocycles. The van der Waals surface area contributed by atoms with Crippen molar-refractivity contribution in [2.24, 2.45) is 0 Å². The first-order valence-corrected chi connectivity index (χ1v) is 6.46. The van der Waals surface area contributed by atoms with Gasteiger partial charge >= 0.3 is 0 Å². The van der Waals surface area contributed by atoms with Crippen molar-refractivity contribution in [3.8, 4) is 0 Å². The molecule has 0 amide bonds. The van der Waals surface area contributed by atoms with E-state index in [9.17, 15) is 9.59 Å². The van der Waals surface area contributed by atoms with Gasteiger partial charge in [0, 0.05) is 11.1 Å². The van der Waals surface area contributed by atoms with Crippen LogP contribution in [0.15, 0.2) is 48.5 Å². The second-order valence-corrected chi connectivity index (χ2v) is 4.69. The fraction of sp³-hybridized carbons (Fsp3) is 0.111. The molecular weight excluding hydrogens is 248 g/mol. The van der Waals surface area contributed by atoms with E-state index in [1.807, 2.05) is 60.7 Å². The monoisotopic (exact) mass is 264 g/mol. The average molecular weight is 264 g/mol. The van der Waals surface area contributed by atoms with Crippen LogP contribution in [-0.2, 0) is 0 Å². The summed E-state index contributed by atoms with van der Waals surface area (Å²) >= 11 is 0.